The summed E-state index contributed by atoms with van der Waals surface area (Å²) in [5.74, 6) is 0.316. The Kier molecular flexibility index (Phi) is 9.54. The SMILES string of the molecule is CC(O)CCCCC(=O)CCCCC(C)O. The van der Waals surface area contributed by atoms with E-state index in [-0.39, 0.29) is 12.2 Å². The highest BCUT2D eigenvalue weighted by molar-refractivity contribution is 5.78. The molecule has 0 aliphatic heterocycles. The summed E-state index contributed by atoms with van der Waals surface area (Å²) in [5, 5.41) is 18.1. The summed E-state index contributed by atoms with van der Waals surface area (Å²) >= 11 is 0. The third-order valence-electron chi connectivity index (χ3n) is 2.66. The first-order chi connectivity index (χ1) is 7.52. The molecule has 0 aromatic heterocycles. The Labute approximate surface area is 98.9 Å². The first kappa shape index (κ1) is 15.6. The summed E-state index contributed by atoms with van der Waals surface area (Å²) in [6.45, 7) is 3.55. The van der Waals surface area contributed by atoms with Crippen molar-refractivity contribution in [1.82, 2.24) is 0 Å². The number of carbonyl (C=O) groups is 1. The first-order valence-corrected chi connectivity index (χ1v) is 6.40. The number of unbranched alkanes of at least 4 members (excludes halogenated alkanes) is 2. The number of hydrogen-bond donors (Lipinski definition) is 2. The smallest absolute Gasteiger partial charge is 0.132 e. The highest BCUT2D eigenvalue weighted by Gasteiger charge is 2.03. The van der Waals surface area contributed by atoms with Gasteiger partial charge in [0.1, 0.15) is 5.78 Å². The fourth-order valence-corrected chi connectivity index (χ4v) is 1.65. The quantitative estimate of drug-likeness (QED) is 0.567. The molecule has 0 spiro atoms. The van der Waals surface area contributed by atoms with Gasteiger partial charge in [-0.1, -0.05) is 12.8 Å². The maximum Gasteiger partial charge on any atom is 0.132 e. The van der Waals surface area contributed by atoms with Crippen LogP contribution in [0.3, 0.4) is 0 Å². The van der Waals surface area contributed by atoms with Gasteiger partial charge in [-0.25, -0.2) is 0 Å². The Morgan fingerprint density at radius 3 is 1.56 bits per heavy atom. The van der Waals surface area contributed by atoms with Crippen LogP contribution in [0, 0.1) is 0 Å². The Morgan fingerprint density at radius 2 is 1.25 bits per heavy atom. The molecule has 3 nitrogen and oxygen atoms in total. The zero-order valence-electron chi connectivity index (χ0n) is 10.6. The van der Waals surface area contributed by atoms with Gasteiger partial charge in [0.25, 0.3) is 0 Å². The van der Waals surface area contributed by atoms with Crippen LogP contribution in [-0.2, 0) is 4.79 Å². The fraction of sp³-hybridized carbons (Fsp3) is 0.923. The van der Waals surface area contributed by atoms with Crippen LogP contribution in [0.5, 0.6) is 0 Å². The molecule has 0 amide bonds. The zero-order chi connectivity index (χ0) is 12.4. The summed E-state index contributed by atoms with van der Waals surface area (Å²) in [6, 6.07) is 0. The molecule has 0 rings (SSSR count). The number of aliphatic hydroxyl groups is 2. The maximum atomic E-state index is 11.4. The van der Waals surface area contributed by atoms with Gasteiger partial charge < -0.3 is 10.2 Å². The van der Waals surface area contributed by atoms with Gasteiger partial charge in [-0.05, 0) is 39.5 Å². The van der Waals surface area contributed by atoms with Crippen LogP contribution in [0.25, 0.3) is 0 Å². The average molecular weight is 230 g/mol. The van der Waals surface area contributed by atoms with Crippen LogP contribution in [0.1, 0.15) is 65.2 Å². The molecule has 96 valence electrons. The molecule has 2 atom stereocenters. The lowest BCUT2D eigenvalue weighted by atomic mass is 10.0. The summed E-state index contributed by atoms with van der Waals surface area (Å²) in [4.78, 5) is 11.4. The molecule has 0 radical (unpaired) electrons. The molecule has 0 fully saturated rings. The minimum atomic E-state index is -0.249. The lowest BCUT2D eigenvalue weighted by Crippen LogP contribution is -2.02. The molecular weight excluding hydrogens is 204 g/mol. The van der Waals surface area contributed by atoms with E-state index in [2.05, 4.69) is 0 Å². The van der Waals surface area contributed by atoms with Crippen LogP contribution in [0.15, 0.2) is 0 Å². The molecule has 0 bridgehead atoms. The third-order valence-corrected chi connectivity index (χ3v) is 2.66. The molecule has 0 heterocycles. The van der Waals surface area contributed by atoms with Crippen LogP contribution >= 0.6 is 0 Å². The number of aliphatic hydroxyl groups excluding tert-OH is 2. The van der Waals surface area contributed by atoms with Gasteiger partial charge in [-0.2, -0.15) is 0 Å². The number of rotatable bonds is 10. The van der Waals surface area contributed by atoms with Gasteiger partial charge in [-0.3, -0.25) is 4.79 Å². The van der Waals surface area contributed by atoms with E-state index in [4.69, 9.17) is 10.2 Å². The minimum absolute atomic E-state index is 0.249. The van der Waals surface area contributed by atoms with Crippen molar-refractivity contribution in [3.05, 3.63) is 0 Å². The van der Waals surface area contributed by atoms with E-state index in [0.717, 1.165) is 38.5 Å². The van der Waals surface area contributed by atoms with Gasteiger partial charge in [-0.15, -0.1) is 0 Å². The van der Waals surface area contributed by atoms with E-state index >= 15 is 0 Å². The van der Waals surface area contributed by atoms with Gasteiger partial charge in [0.2, 0.25) is 0 Å². The topological polar surface area (TPSA) is 57.5 Å². The van der Waals surface area contributed by atoms with Crippen molar-refractivity contribution >= 4 is 5.78 Å². The van der Waals surface area contributed by atoms with Crippen molar-refractivity contribution < 1.29 is 15.0 Å². The van der Waals surface area contributed by atoms with E-state index < -0.39 is 0 Å². The van der Waals surface area contributed by atoms with Crippen molar-refractivity contribution in [2.75, 3.05) is 0 Å². The second-order valence-corrected chi connectivity index (χ2v) is 4.73. The Bertz CT molecular complexity index is 158. The van der Waals surface area contributed by atoms with E-state index in [1.54, 1.807) is 13.8 Å². The molecule has 0 aromatic rings. The van der Waals surface area contributed by atoms with Crippen LogP contribution in [-0.4, -0.2) is 28.2 Å². The summed E-state index contributed by atoms with van der Waals surface area (Å²) < 4.78 is 0. The van der Waals surface area contributed by atoms with Crippen LogP contribution < -0.4 is 0 Å². The molecule has 0 aliphatic carbocycles. The van der Waals surface area contributed by atoms with E-state index in [1.165, 1.54) is 0 Å². The summed E-state index contributed by atoms with van der Waals surface area (Å²) in [6.07, 6.45) is 5.99. The zero-order valence-corrected chi connectivity index (χ0v) is 10.6. The Hall–Kier alpha value is -0.410. The molecule has 3 heteroatoms. The monoisotopic (exact) mass is 230 g/mol. The molecule has 0 saturated carbocycles. The third kappa shape index (κ3) is 11.7. The minimum Gasteiger partial charge on any atom is -0.393 e. The van der Waals surface area contributed by atoms with E-state index in [0.29, 0.717) is 18.6 Å². The maximum absolute atomic E-state index is 11.4. The highest BCUT2D eigenvalue weighted by atomic mass is 16.3. The van der Waals surface area contributed by atoms with Gasteiger partial charge in [0.05, 0.1) is 12.2 Å². The normalized spacial score (nSPS) is 14.8. The van der Waals surface area contributed by atoms with Crippen molar-refractivity contribution in [2.45, 2.75) is 77.4 Å². The predicted molar refractivity (Wildman–Crippen MR) is 65.3 cm³/mol. The predicted octanol–water partition coefficient (Wildman–Crippen LogP) is 2.44. The van der Waals surface area contributed by atoms with Gasteiger partial charge in [0.15, 0.2) is 0 Å². The average Bonchev–Trinajstić information content (AvgIpc) is 2.19. The van der Waals surface area contributed by atoms with Crippen molar-refractivity contribution in [3.63, 3.8) is 0 Å². The lowest BCUT2D eigenvalue weighted by Gasteiger charge is -2.04. The highest BCUT2D eigenvalue weighted by Crippen LogP contribution is 2.08. The van der Waals surface area contributed by atoms with Gasteiger partial charge in [0, 0.05) is 12.8 Å². The van der Waals surface area contributed by atoms with Gasteiger partial charge >= 0.3 is 0 Å². The lowest BCUT2D eigenvalue weighted by molar-refractivity contribution is -0.119. The largest absolute Gasteiger partial charge is 0.393 e. The number of hydrogen-bond acceptors (Lipinski definition) is 3. The second kappa shape index (κ2) is 9.79. The van der Waals surface area contributed by atoms with Crippen molar-refractivity contribution in [2.24, 2.45) is 0 Å². The van der Waals surface area contributed by atoms with E-state index in [9.17, 15) is 4.79 Å². The number of Topliss-reactive ketones (excluding diaryl/α,β-unsaturated/α-hetero) is 1. The standard InChI is InChI=1S/C13H26O3/c1-11(14)7-3-5-9-13(16)10-6-4-8-12(2)15/h11-12,14-15H,3-10H2,1-2H3. The summed E-state index contributed by atoms with van der Waals surface area (Å²) in [5.41, 5.74) is 0. The molecule has 0 aliphatic rings. The van der Waals surface area contributed by atoms with Crippen LogP contribution in [0.4, 0.5) is 0 Å². The van der Waals surface area contributed by atoms with Crippen LogP contribution in [0.2, 0.25) is 0 Å². The molecule has 16 heavy (non-hydrogen) atoms. The number of ketones is 1. The molecule has 2 N–H and O–H groups in total. The first-order valence-electron chi connectivity index (χ1n) is 6.40. The molecular formula is C13H26O3. The molecule has 0 saturated heterocycles. The second-order valence-electron chi connectivity index (χ2n) is 4.73. The van der Waals surface area contributed by atoms with Crippen molar-refractivity contribution in [3.8, 4) is 0 Å². The molecule has 2 unspecified atom stereocenters. The summed E-state index contributed by atoms with van der Waals surface area (Å²) in [7, 11) is 0. The molecule has 0 aromatic carbocycles. The fourth-order valence-electron chi connectivity index (χ4n) is 1.65. The van der Waals surface area contributed by atoms with E-state index in [1.807, 2.05) is 0 Å². The van der Waals surface area contributed by atoms with Crippen molar-refractivity contribution in [1.29, 1.82) is 0 Å². The Morgan fingerprint density at radius 1 is 0.875 bits per heavy atom. The number of carbonyl (C=O) groups excluding carboxylic acids is 1. The Balaban J connectivity index is 3.25.